The third-order valence-corrected chi connectivity index (χ3v) is 9.24. The highest BCUT2D eigenvalue weighted by Crippen LogP contribution is 2.36. The molecule has 0 atom stereocenters. The lowest BCUT2D eigenvalue weighted by molar-refractivity contribution is 1.49. The zero-order valence-corrected chi connectivity index (χ0v) is 24.2. The van der Waals surface area contributed by atoms with Crippen LogP contribution in [-0.4, -0.2) is 0 Å². The summed E-state index contributed by atoms with van der Waals surface area (Å²) in [5.74, 6) is 0. The zero-order chi connectivity index (χ0) is 29.0. The van der Waals surface area contributed by atoms with E-state index in [1.807, 2.05) is 0 Å². The van der Waals surface area contributed by atoms with E-state index < -0.39 is 0 Å². The van der Waals surface area contributed by atoms with E-state index in [4.69, 9.17) is 0 Å². The number of rotatable bonds is 0. The third kappa shape index (κ3) is 3.71. The molecule has 0 saturated heterocycles. The largest absolute Gasteiger partial charge is 0.0616 e. The van der Waals surface area contributed by atoms with Crippen molar-refractivity contribution in [2.45, 2.75) is 0 Å². The Kier molecular flexibility index (Phi) is 5.61. The van der Waals surface area contributed by atoms with Gasteiger partial charge in [0.05, 0.1) is 0 Å². The minimum Gasteiger partial charge on any atom is -0.0616 e. The van der Waals surface area contributed by atoms with Crippen molar-refractivity contribution in [2.75, 3.05) is 0 Å². The molecule has 0 nitrogen and oxygen atoms in total. The fourth-order valence-corrected chi connectivity index (χ4v) is 7.34. The first-order chi connectivity index (χ1) is 21.9. The van der Waals surface area contributed by atoms with Gasteiger partial charge in [-0.2, -0.15) is 0 Å². The van der Waals surface area contributed by atoms with Gasteiger partial charge in [0.15, 0.2) is 0 Å². The van der Waals surface area contributed by atoms with Gasteiger partial charge >= 0.3 is 0 Å². The molecule has 2 aliphatic carbocycles. The molecule has 0 bridgehead atoms. The molecule has 7 aromatic rings. The van der Waals surface area contributed by atoms with Gasteiger partial charge in [-0.25, -0.2) is 0 Å². The maximum Gasteiger partial charge on any atom is -0.00139 e. The molecule has 0 aromatic heterocycles. The molecular weight excluding hydrogens is 528 g/mol. The van der Waals surface area contributed by atoms with Crippen molar-refractivity contribution in [3.8, 4) is 0 Å². The third-order valence-electron chi connectivity index (χ3n) is 9.24. The zero-order valence-electron chi connectivity index (χ0n) is 24.2. The molecule has 0 fully saturated rings. The van der Waals surface area contributed by atoms with Gasteiger partial charge in [-0.15, -0.1) is 0 Å². The van der Waals surface area contributed by atoms with Crippen LogP contribution in [0.15, 0.2) is 146 Å². The maximum atomic E-state index is 2.32. The van der Waals surface area contributed by atoms with Gasteiger partial charge in [0, 0.05) is 0 Å². The van der Waals surface area contributed by atoms with E-state index >= 15 is 0 Å². The summed E-state index contributed by atoms with van der Waals surface area (Å²) in [5.41, 5.74) is 12.6. The molecule has 204 valence electrons. The Labute approximate surface area is 256 Å². The molecule has 0 saturated carbocycles. The lowest BCUT2D eigenvalue weighted by atomic mass is 9.84. The number of hydrogen-bond donors (Lipinski definition) is 0. The van der Waals surface area contributed by atoms with Crippen molar-refractivity contribution in [2.24, 2.45) is 0 Å². The molecule has 0 heteroatoms. The van der Waals surface area contributed by atoms with Crippen LogP contribution in [-0.2, 0) is 0 Å². The lowest BCUT2D eigenvalue weighted by Crippen LogP contribution is -2.21. The number of hydrogen-bond acceptors (Lipinski definition) is 0. The Hall–Kier alpha value is -5.72. The second kappa shape index (κ2) is 9.93. The van der Waals surface area contributed by atoms with Crippen LogP contribution >= 0.6 is 0 Å². The Morgan fingerprint density at radius 1 is 0.227 bits per heavy atom. The summed E-state index contributed by atoms with van der Waals surface area (Å²) >= 11 is 0. The van der Waals surface area contributed by atoms with Crippen LogP contribution in [0.4, 0.5) is 0 Å². The highest BCUT2D eigenvalue weighted by molar-refractivity contribution is 6.09. The van der Waals surface area contributed by atoms with E-state index in [9.17, 15) is 0 Å². The Bertz CT molecular complexity index is 2140. The Balaban J connectivity index is 1.61. The smallest absolute Gasteiger partial charge is 0.00139 e. The average molecular weight is 557 g/mol. The predicted octanol–water partition coefficient (Wildman–Crippen LogP) is 9.46. The molecule has 0 unspecified atom stereocenters. The van der Waals surface area contributed by atoms with Gasteiger partial charge in [0.2, 0.25) is 0 Å². The molecule has 0 amide bonds. The van der Waals surface area contributed by atoms with Crippen LogP contribution in [0.2, 0.25) is 0 Å². The fourth-order valence-electron chi connectivity index (χ4n) is 7.34. The van der Waals surface area contributed by atoms with Crippen LogP contribution < -0.4 is 10.4 Å². The average Bonchev–Trinajstić information content (AvgIpc) is 3.36. The monoisotopic (exact) mass is 556 g/mol. The minimum absolute atomic E-state index is 1.24. The van der Waals surface area contributed by atoms with Crippen LogP contribution in [0.3, 0.4) is 0 Å². The van der Waals surface area contributed by atoms with Crippen molar-refractivity contribution in [3.63, 3.8) is 0 Å². The molecule has 2 aliphatic rings. The summed E-state index contributed by atoms with van der Waals surface area (Å²) in [5, 5.41) is 7.64. The molecule has 44 heavy (non-hydrogen) atoms. The summed E-state index contributed by atoms with van der Waals surface area (Å²) < 4.78 is 0. The second-order valence-electron chi connectivity index (χ2n) is 11.6. The van der Waals surface area contributed by atoms with Crippen molar-refractivity contribution >= 4 is 57.0 Å². The molecule has 0 aliphatic heterocycles. The van der Waals surface area contributed by atoms with Crippen molar-refractivity contribution < 1.29 is 0 Å². The quantitative estimate of drug-likeness (QED) is 0.163. The fraction of sp³-hybridized carbons (Fsp3) is 0. The van der Waals surface area contributed by atoms with Crippen LogP contribution in [0.25, 0.3) is 57.0 Å². The molecule has 0 heterocycles. The first-order valence-corrected chi connectivity index (χ1v) is 15.3. The topological polar surface area (TPSA) is 0 Å². The highest BCUT2D eigenvalue weighted by atomic mass is 14.2. The normalized spacial score (nSPS) is 13.2. The van der Waals surface area contributed by atoms with E-state index in [0.29, 0.717) is 0 Å². The molecule has 0 spiro atoms. The molecule has 0 radical (unpaired) electrons. The summed E-state index contributed by atoms with van der Waals surface area (Å²) in [4.78, 5) is 0. The van der Waals surface area contributed by atoms with E-state index in [1.165, 1.54) is 87.6 Å². The second-order valence-corrected chi connectivity index (χ2v) is 11.6. The molecule has 7 aromatic carbocycles. The van der Waals surface area contributed by atoms with Gasteiger partial charge in [0.1, 0.15) is 0 Å². The summed E-state index contributed by atoms with van der Waals surface area (Å²) in [6, 6.07) is 53.4. The van der Waals surface area contributed by atoms with E-state index in [-0.39, 0.29) is 0 Å². The summed E-state index contributed by atoms with van der Waals surface area (Å²) in [6.07, 6.45) is 9.06. The number of fused-ring (bicyclic) bond motifs is 6. The van der Waals surface area contributed by atoms with Gasteiger partial charge in [-0.3, -0.25) is 0 Å². The van der Waals surface area contributed by atoms with Crippen molar-refractivity contribution in [1.82, 2.24) is 0 Å². The van der Waals surface area contributed by atoms with E-state index in [1.54, 1.807) is 0 Å². The van der Waals surface area contributed by atoms with E-state index in [0.717, 1.165) is 0 Å². The molecule has 0 N–H and O–H groups in total. The van der Waals surface area contributed by atoms with Gasteiger partial charge in [-0.05, 0) is 87.6 Å². The van der Waals surface area contributed by atoms with Crippen molar-refractivity contribution in [3.05, 3.63) is 201 Å². The van der Waals surface area contributed by atoms with Gasteiger partial charge < -0.3 is 0 Å². The van der Waals surface area contributed by atoms with Gasteiger partial charge in [-0.1, -0.05) is 170 Å². The standard InChI is InChI=1S/C44H28/c1-5-17-33-29(13-1)25-26-30-14-2-6-18-34(30)41(33)43-37-21-9-11-23-39(37)44(40-24-12-10-22-38(40)43)42-35-19-7-3-15-31(35)27-28-32-16-4-8-20-36(32)42/h1-28H. The predicted molar refractivity (Wildman–Crippen MR) is 188 cm³/mol. The maximum absolute atomic E-state index is 2.32. The van der Waals surface area contributed by atoms with E-state index in [2.05, 4.69) is 170 Å². The van der Waals surface area contributed by atoms with Crippen LogP contribution in [0, 0.1) is 0 Å². The van der Waals surface area contributed by atoms with Crippen LogP contribution in [0.1, 0.15) is 44.5 Å². The Morgan fingerprint density at radius 2 is 0.455 bits per heavy atom. The minimum atomic E-state index is 1.24. The summed E-state index contributed by atoms with van der Waals surface area (Å²) in [7, 11) is 0. The Morgan fingerprint density at radius 3 is 0.727 bits per heavy atom. The number of benzene rings is 7. The van der Waals surface area contributed by atoms with Crippen LogP contribution in [0.5, 0.6) is 0 Å². The van der Waals surface area contributed by atoms with Crippen molar-refractivity contribution in [1.29, 1.82) is 0 Å². The van der Waals surface area contributed by atoms with Gasteiger partial charge in [0.25, 0.3) is 0 Å². The first-order valence-electron chi connectivity index (χ1n) is 15.3. The first kappa shape index (κ1) is 24.8. The molecular formula is C44H28. The molecule has 9 rings (SSSR count). The lowest BCUT2D eigenvalue weighted by Gasteiger charge is -2.18. The SMILES string of the molecule is C1=Cc2ccccc2C(=c2c3ccccc3c(=C3c4ccccc4C=Cc4ccccc43)c3ccccc23)c2ccccc21. The summed E-state index contributed by atoms with van der Waals surface area (Å²) in [6.45, 7) is 0. The highest BCUT2D eigenvalue weighted by Gasteiger charge is 2.21.